The monoisotopic (exact) mass is 315 g/mol. The molecule has 1 heterocycles. The van der Waals surface area contributed by atoms with Crippen LogP contribution in [0.3, 0.4) is 0 Å². The first-order valence-corrected chi connectivity index (χ1v) is 6.96. The predicted molar refractivity (Wildman–Crippen MR) is 84.3 cm³/mol. The lowest BCUT2D eigenvalue weighted by Crippen LogP contribution is -2.48. The zero-order valence-electron chi connectivity index (χ0n) is 12.4. The fourth-order valence-electron chi connectivity index (χ4n) is 2.50. The van der Waals surface area contributed by atoms with Crippen molar-refractivity contribution in [3.05, 3.63) is 33.9 Å². The highest BCUT2D eigenvalue weighted by molar-refractivity contribution is 5.85. The van der Waals surface area contributed by atoms with Gasteiger partial charge in [-0.1, -0.05) is 0 Å². The second kappa shape index (κ2) is 8.17. The highest BCUT2D eigenvalue weighted by Gasteiger charge is 2.19. The minimum absolute atomic E-state index is 0. The third-order valence-corrected chi connectivity index (χ3v) is 3.40. The summed E-state index contributed by atoms with van der Waals surface area (Å²) in [4.78, 5) is 12.8. The van der Waals surface area contributed by atoms with Gasteiger partial charge in [0.25, 0.3) is 5.69 Å². The Balaban J connectivity index is 0.00000220. The van der Waals surface area contributed by atoms with E-state index in [0.29, 0.717) is 19.2 Å². The van der Waals surface area contributed by atoms with E-state index in [4.69, 9.17) is 4.74 Å². The van der Waals surface area contributed by atoms with Crippen LogP contribution in [0.5, 0.6) is 5.75 Å². The van der Waals surface area contributed by atoms with Crippen LogP contribution in [0.2, 0.25) is 0 Å². The van der Waals surface area contributed by atoms with Crippen molar-refractivity contribution in [3.63, 3.8) is 0 Å². The number of nitro benzene ring substituents is 1. The normalized spacial score (nSPS) is 18.9. The number of ether oxygens (including phenoxy) is 1. The van der Waals surface area contributed by atoms with Gasteiger partial charge in [-0.2, -0.15) is 0 Å². The third kappa shape index (κ3) is 4.84. The minimum Gasteiger partial charge on any atom is -0.494 e. The summed E-state index contributed by atoms with van der Waals surface area (Å²) in [5, 5.41) is 14.3. The van der Waals surface area contributed by atoms with Gasteiger partial charge in [-0.05, 0) is 19.9 Å². The molecule has 1 aliphatic rings. The van der Waals surface area contributed by atoms with Crippen LogP contribution in [0.15, 0.2) is 18.2 Å². The van der Waals surface area contributed by atoms with Crippen molar-refractivity contribution in [2.24, 2.45) is 0 Å². The number of nitrogens with one attached hydrogen (secondary N) is 1. The molecule has 0 saturated carbocycles. The number of piperazine rings is 1. The maximum atomic E-state index is 10.9. The molecule has 0 aliphatic carbocycles. The van der Waals surface area contributed by atoms with Crippen LogP contribution in [0.1, 0.15) is 19.4 Å². The van der Waals surface area contributed by atoms with Crippen LogP contribution in [-0.2, 0) is 6.54 Å². The molecule has 118 valence electrons. The lowest BCUT2D eigenvalue weighted by Gasteiger charge is -2.32. The van der Waals surface area contributed by atoms with E-state index in [-0.39, 0.29) is 23.0 Å². The number of nitrogens with zero attached hydrogens (tertiary/aromatic N) is 2. The second-order valence-electron chi connectivity index (χ2n) is 5.07. The van der Waals surface area contributed by atoms with Crippen LogP contribution in [0, 0.1) is 10.1 Å². The lowest BCUT2D eigenvalue weighted by atomic mass is 10.1. The van der Waals surface area contributed by atoms with Gasteiger partial charge in [0.05, 0.1) is 11.5 Å². The number of hydrogen-bond acceptors (Lipinski definition) is 5. The van der Waals surface area contributed by atoms with E-state index in [9.17, 15) is 10.1 Å². The summed E-state index contributed by atoms with van der Waals surface area (Å²) in [6.45, 7) is 8.12. The molecule has 0 spiro atoms. The van der Waals surface area contributed by atoms with E-state index in [2.05, 4.69) is 17.1 Å². The van der Waals surface area contributed by atoms with Gasteiger partial charge >= 0.3 is 0 Å². The molecular formula is C14H22ClN3O3. The van der Waals surface area contributed by atoms with Crippen molar-refractivity contribution in [1.82, 2.24) is 10.2 Å². The van der Waals surface area contributed by atoms with Gasteiger partial charge in [0.15, 0.2) is 0 Å². The summed E-state index contributed by atoms with van der Waals surface area (Å²) < 4.78 is 5.58. The van der Waals surface area contributed by atoms with Crippen molar-refractivity contribution in [1.29, 1.82) is 0 Å². The molecule has 21 heavy (non-hydrogen) atoms. The number of hydrogen-bond donors (Lipinski definition) is 1. The Hall–Kier alpha value is -1.37. The summed E-state index contributed by atoms with van der Waals surface area (Å²) in [5.41, 5.74) is 1.00. The van der Waals surface area contributed by atoms with Gasteiger partial charge in [0, 0.05) is 49.9 Å². The van der Waals surface area contributed by atoms with Gasteiger partial charge in [0.2, 0.25) is 0 Å². The van der Waals surface area contributed by atoms with E-state index in [0.717, 1.165) is 30.9 Å². The lowest BCUT2D eigenvalue weighted by molar-refractivity contribution is -0.385. The van der Waals surface area contributed by atoms with Crippen LogP contribution < -0.4 is 10.1 Å². The zero-order chi connectivity index (χ0) is 14.5. The number of halogens is 1. The Bertz CT molecular complexity index is 485. The van der Waals surface area contributed by atoms with Crippen molar-refractivity contribution in [2.45, 2.75) is 26.4 Å². The highest BCUT2D eigenvalue weighted by Crippen LogP contribution is 2.26. The fourth-order valence-corrected chi connectivity index (χ4v) is 2.50. The Morgan fingerprint density at radius 3 is 2.90 bits per heavy atom. The average molecular weight is 316 g/mol. The van der Waals surface area contributed by atoms with Gasteiger partial charge in [-0.25, -0.2) is 0 Å². The van der Waals surface area contributed by atoms with E-state index < -0.39 is 0 Å². The van der Waals surface area contributed by atoms with E-state index in [1.54, 1.807) is 12.1 Å². The summed E-state index contributed by atoms with van der Waals surface area (Å²) in [5.74, 6) is 0.740. The van der Waals surface area contributed by atoms with Crippen molar-refractivity contribution in [3.8, 4) is 5.75 Å². The summed E-state index contributed by atoms with van der Waals surface area (Å²) in [6.07, 6.45) is 0. The largest absolute Gasteiger partial charge is 0.494 e. The molecule has 1 N–H and O–H groups in total. The molecule has 1 aromatic carbocycles. The smallest absolute Gasteiger partial charge is 0.270 e. The summed E-state index contributed by atoms with van der Waals surface area (Å²) in [7, 11) is 0. The molecule has 1 aromatic rings. The van der Waals surface area contributed by atoms with Gasteiger partial charge in [0.1, 0.15) is 5.75 Å². The van der Waals surface area contributed by atoms with Crippen LogP contribution in [0.25, 0.3) is 0 Å². The quantitative estimate of drug-likeness (QED) is 0.666. The number of nitro groups is 1. The Morgan fingerprint density at radius 2 is 2.29 bits per heavy atom. The van der Waals surface area contributed by atoms with Gasteiger partial charge < -0.3 is 10.1 Å². The van der Waals surface area contributed by atoms with E-state index >= 15 is 0 Å². The summed E-state index contributed by atoms with van der Waals surface area (Å²) in [6, 6.07) is 5.26. The fraction of sp³-hybridized carbons (Fsp3) is 0.571. The first-order valence-electron chi connectivity index (χ1n) is 6.96. The molecule has 2 rings (SSSR count). The van der Waals surface area contributed by atoms with Crippen molar-refractivity contribution in [2.75, 3.05) is 26.2 Å². The number of benzene rings is 1. The van der Waals surface area contributed by atoms with Crippen LogP contribution in [0.4, 0.5) is 5.69 Å². The predicted octanol–water partition coefficient (Wildman–Crippen LogP) is 2.21. The molecule has 0 unspecified atom stereocenters. The second-order valence-corrected chi connectivity index (χ2v) is 5.07. The first kappa shape index (κ1) is 17.7. The van der Waals surface area contributed by atoms with Crippen molar-refractivity contribution >= 4 is 18.1 Å². The molecule has 0 amide bonds. The SMILES string of the molecule is CCOc1ccc([N+](=O)[O-])cc1CN1CCN[C@@H](C)C1.Cl. The molecule has 1 aliphatic heterocycles. The first-order chi connectivity index (χ1) is 9.60. The zero-order valence-corrected chi connectivity index (χ0v) is 13.2. The standard InChI is InChI=1S/C14H21N3O3.ClH/c1-3-20-14-5-4-13(17(18)19)8-12(14)10-16-7-6-15-11(2)9-16;/h4-5,8,11,15H,3,6-7,9-10H2,1-2H3;1H/t11-;/m0./s1. The van der Waals surface area contributed by atoms with Crippen molar-refractivity contribution < 1.29 is 9.66 Å². The Morgan fingerprint density at radius 1 is 1.52 bits per heavy atom. The topological polar surface area (TPSA) is 67.6 Å². The van der Waals surface area contributed by atoms with Gasteiger partial charge in [-0.3, -0.25) is 15.0 Å². The molecule has 0 bridgehead atoms. The van der Waals surface area contributed by atoms with Gasteiger partial charge in [-0.15, -0.1) is 12.4 Å². The molecule has 1 saturated heterocycles. The molecule has 6 nitrogen and oxygen atoms in total. The average Bonchev–Trinajstić information content (AvgIpc) is 2.41. The molecule has 0 aromatic heterocycles. The van der Waals surface area contributed by atoms with Crippen LogP contribution >= 0.6 is 12.4 Å². The Labute approximate surface area is 131 Å². The molecule has 1 fully saturated rings. The molecule has 7 heteroatoms. The number of non-ortho nitro benzene ring substituents is 1. The van der Waals surface area contributed by atoms with Crippen LogP contribution in [-0.4, -0.2) is 42.1 Å². The minimum atomic E-state index is -0.361. The molecule has 1 atom stereocenters. The molecular weight excluding hydrogens is 294 g/mol. The summed E-state index contributed by atoms with van der Waals surface area (Å²) >= 11 is 0. The molecule has 0 radical (unpaired) electrons. The van der Waals surface area contributed by atoms with E-state index in [1.807, 2.05) is 6.92 Å². The van der Waals surface area contributed by atoms with E-state index in [1.165, 1.54) is 6.07 Å². The highest BCUT2D eigenvalue weighted by atomic mass is 35.5. The number of rotatable bonds is 5. The maximum Gasteiger partial charge on any atom is 0.270 e. The third-order valence-electron chi connectivity index (χ3n) is 3.40. The maximum absolute atomic E-state index is 10.9. The Kier molecular flexibility index (Phi) is 6.87.